The molecule has 1 heterocycles. The van der Waals surface area contributed by atoms with Crippen LogP contribution in [-0.2, 0) is 11.3 Å². The molecule has 0 atom stereocenters. The Hall–Kier alpha value is -3.24. The van der Waals surface area contributed by atoms with Gasteiger partial charge in [-0.25, -0.2) is 4.79 Å². The lowest BCUT2D eigenvalue weighted by Crippen LogP contribution is -2.11. The zero-order valence-electron chi connectivity index (χ0n) is 15.3. The molecule has 0 aliphatic rings. The maximum Gasteiger partial charge on any atom is 0.340 e. The maximum absolute atomic E-state index is 12.1. The highest BCUT2D eigenvalue weighted by atomic mass is 79.9. The van der Waals surface area contributed by atoms with Gasteiger partial charge in [0, 0.05) is 12.1 Å². The maximum atomic E-state index is 12.1. The van der Waals surface area contributed by atoms with E-state index in [9.17, 15) is 4.79 Å². The minimum absolute atomic E-state index is 0.302. The van der Waals surface area contributed by atoms with Crippen LogP contribution >= 0.6 is 15.9 Å². The Kier molecular flexibility index (Phi) is 6.02. The van der Waals surface area contributed by atoms with Crippen molar-refractivity contribution in [2.45, 2.75) is 13.5 Å². The molecule has 3 rings (SSSR count). The number of esters is 1. The van der Waals surface area contributed by atoms with E-state index in [1.807, 2.05) is 24.3 Å². The van der Waals surface area contributed by atoms with Gasteiger partial charge in [-0.05, 0) is 52.2 Å². The van der Waals surface area contributed by atoms with E-state index in [0.717, 1.165) is 21.3 Å². The molecule has 4 N–H and O–H groups in total. The highest BCUT2D eigenvalue weighted by molar-refractivity contribution is 9.10. The molecule has 0 radical (unpaired) electrons. The fourth-order valence-electron chi connectivity index (χ4n) is 2.84. The number of aromatic amines is 1. The first-order chi connectivity index (χ1) is 13.5. The molecule has 0 aliphatic heterocycles. The summed E-state index contributed by atoms with van der Waals surface area (Å²) < 4.78 is 5.87. The Bertz CT molecular complexity index is 1040. The summed E-state index contributed by atoms with van der Waals surface area (Å²) >= 11 is 3.44. The number of anilines is 2. The van der Waals surface area contributed by atoms with Gasteiger partial charge < -0.3 is 20.8 Å². The minimum Gasteiger partial charge on any atom is -0.462 e. The van der Waals surface area contributed by atoms with Gasteiger partial charge in [0.25, 0.3) is 0 Å². The second kappa shape index (κ2) is 8.63. The van der Waals surface area contributed by atoms with Gasteiger partial charge in [-0.15, -0.1) is 0 Å². The average Bonchev–Trinajstić information content (AvgIpc) is 3.08. The quantitative estimate of drug-likeness (QED) is 0.382. The van der Waals surface area contributed by atoms with E-state index >= 15 is 0 Å². The predicted octanol–water partition coefficient (Wildman–Crippen LogP) is 4.69. The molecule has 0 saturated heterocycles. The number of para-hydroxylation sites is 1. The van der Waals surface area contributed by atoms with E-state index in [-0.39, 0.29) is 0 Å². The summed E-state index contributed by atoms with van der Waals surface area (Å²) in [5.41, 5.74) is 10.9. The van der Waals surface area contributed by atoms with Gasteiger partial charge in [0.2, 0.25) is 0 Å². The lowest BCUT2D eigenvalue weighted by atomic mass is 10.1. The van der Waals surface area contributed by atoms with Crippen LogP contribution in [0.3, 0.4) is 0 Å². The van der Waals surface area contributed by atoms with Gasteiger partial charge in [-0.1, -0.05) is 30.3 Å². The molecule has 0 bridgehead atoms. The van der Waals surface area contributed by atoms with Gasteiger partial charge in [-0.3, -0.25) is 0 Å². The number of nitrogens with two attached hydrogens (primary N) is 1. The highest BCUT2D eigenvalue weighted by Gasteiger charge is 2.14. The number of benzene rings is 2. The summed E-state index contributed by atoms with van der Waals surface area (Å²) in [5.74, 6) is -0.404. The second-order valence-corrected chi connectivity index (χ2v) is 6.86. The highest BCUT2D eigenvalue weighted by Crippen LogP contribution is 2.29. The Morgan fingerprint density at radius 3 is 2.68 bits per heavy atom. The van der Waals surface area contributed by atoms with Gasteiger partial charge >= 0.3 is 5.97 Å². The number of hydrogen-bond acceptors (Lipinski definition) is 5. The molecular weight excluding hydrogens is 420 g/mol. The van der Waals surface area contributed by atoms with E-state index < -0.39 is 5.97 Å². The topological polar surface area (TPSA) is 104 Å². The SMILES string of the molecule is CCOC(=O)c1cccc(N)c1NCc1ccc(-c2cc(C#N)[nH]c2Br)cc1. The normalized spacial score (nSPS) is 10.3. The number of nitrogens with zero attached hydrogens (tertiary/aromatic N) is 1. The van der Waals surface area contributed by atoms with Crippen LogP contribution in [0, 0.1) is 11.3 Å². The van der Waals surface area contributed by atoms with Crippen LogP contribution in [0.5, 0.6) is 0 Å². The summed E-state index contributed by atoms with van der Waals surface area (Å²) in [4.78, 5) is 15.1. The molecule has 0 fully saturated rings. The number of carbonyl (C=O) groups excluding carboxylic acids is 1. The van der Waals surface area contributed by atoms with Crippen molar-refractivity contribution in [2.24, 2.45) is 0 Å². The summed E-state index contributed by atoms with van der Waals surface area (Å²) in [7, 11) is 0. The fourth-order valence-corrected chi connectivity index (χ4v) is 3.40. The first-order valence-corrected chi connectivity index (χ1v) is 9.50. The van der Waals surface area contributed by atoms with E-state index in [0.29, 0.717) is 35.8 Å². The van der Waals surface area contributed by atoms with Crippen molar-refractivity contribution in [2.75, 3.05) is 17.7 Å². The third-order valence-corrected chi connectivity index (χ3v) is 4.84. The van der Waals surface area contributed by atoms with E-state index in [2.05, 4.69) is 32.3 Å². The van der Waals surface area contributed by atoms with Crippen molar-refractivity contribution >= 4 is 33.3 Å². The van der Waals surface area contributed by atoms with Crippen LogP contribution in [0.2, 0.25) is 0 Å². The van der Waals surface area contributed by atoms with Crippen molar-refractivity contribution in [1.82, 2.24) is 4.98 Å². The van der Waals surface area contributed by atoms with Crippen molar-refractivity contribution in [3.05, 3.63) is 70.0 Å². The molecule has 0 unspecified atom stereocenters. The van der Waals surface area contributed by atoms with Crippen LogP contribution in [0.15, 0.2) is 53.1 Å². The van der Waals surface area contributed by atoms with Crippen molar-refractivity contribution < 1.29 is 9.53 Å². The number of halogens is 1. The number of ether oxygens (including phenoxy) is 1. The van der Waals surface area contributed by atoms with E-state index in [1.165, 1.54) is 0 Å². The molecule has 0 spiro atoms. The number of hydrogen-bond donors (Lipinski definition) is 3. The molecule has 3 aromatic rings. The molecule has 28 heavy (non-hydrogen) atoms. The number of aromatic nitrogens is 1. The molecule has 0 saturated carbocycles. The van der Waals surface area contributed by atoms with Crippen molar-refractivity contribution in [3.63, 3.8) is 0 Å². The number of nitrogen functional groups attached to an aromatic ring is 1. The molecular formula is C21H19BrN4O2. The van der Waals surface area contributed by atoms with Crippen LogP contribution in [-0.4, -0.2) is 17.6 Å². The molecule has 142 valence electrons. The molecule has 0 aliphatic carbocycles. The molecule has 1 aromatic heterocycles. The third kappa shape index (κ3) is 4.18. The van der Waals surface area contributed by atoms with Crippen molar-refractivity contribution in [1.29, 1.82) is 5.26 Å². The van der Waals surface area contributed by atoms with Crippen LogP contribution in [0.1, 0.15) is 28.5 Å². The smallest absolute Gasteiger partial charge is 0.340 e. The molecule has 7 heteroatoms. The lowest BCUT2D eigenvalue weighted by Gasteiger charge is -2.14. The first-order valence-electron chi connectivity index (χ1n) is 8.71. The number of nitrogens with one attached hydrogen (secondary N) is 2. The number of rotatable bonds is 6. The van der Waals surface area contributed by atoms with Crippen LogP contribution < -0.4 is 11.1 Å². The van der Waals surface area contributed by atoms with Gasteiger partial charge in [0.15, 0.2) is 0 Å². The standard InChI is InChI=1S/C21H19BrN4O2/c1-2-28-21(27)16-4-3-5-18(24)19(16)25-12-13-6-8-14(9-7-13)17-10-15(11-23)26-20(17)22/h3-10,25-26H,2,12,24H2,1H3. The van der Waals surface area contributed by atoms with Gasteiger partial charge in [-0.2, -0.15) is 5.26 Å². The summed E-state index contributed by atoms with van der Waals surface area (Å²) in [6.07, 6.45) is 0. The molecule has 0 amide bonds. The summed E-state index contributed by atoms with van der Waals surface area (Å²) in [5, 5.41) is 12.2. The average molecular weight is 439 g/mol. The summed E-state index contributed by atoms with van der Waals surface area (Å²) in [6, 6.07) is 17.0. The Morgan fingerprint density at radius 1 is 1.29 bits per heavy atom. The Balaban J connectivity index is 1.76. The number of carbonyl (C=O) groups is 1. The number of nitriles is 1. The second-order valence-electron chi connectivity index (χ2n) is 6.06. The van der Waals surface area contributed by atoms with Crippen molar-refractivity contribution in [3.8, 4) is 17.2 Å². The number of H-pyrrole nitrogens is 1. The third-order valence-electron chi connectivity index (χ3n) is 4.22. The minimum atomic E-state index is -0.404. The van der Waals surface area contributed by atoms with E-state index in [4.69, 9.17) is 15.7 Å². The van der Waals surface area contributed by atoms with Gasteiger partial charge in [0.1, 0.15) is 11.8 Å². The first kappa shape index (κ1) is 19.5. The van der Waals surface area contributed by atoms with Crippen LogP contribution in [0.4, 0.5) is 11.4 Å². The molecule has 2 aromatic carbocycles. The van der Waals surface area contributed by atoms with Crippen LogP contribution in [0.25, 0.3) is 11.1 Å². The zero-order chi connectivity index (χ0) is 20.1. The Labute approximate surface area is 171 Å². The fraction of sp³-hybridized carbons (Fsp3) is 0.143. The monoisotopic (exact) mass is 438 g/mol. The molecule has 6 nitrogen and oxygen atoms in total. The largest absolute Gasteiger partial charge is 0.462 e. The Morgan fingerprint density at radius 2 is 2.04 bits per heavy atom. The van der Waals surface area contributed by atoms with Gasteiger partial charge in [0.05, 0.1) is 28.1 Å². The predicted molar refractivity (Wildman–Crippen MR) is 113 cm³/mol. The summed E-state index contributed by atoms with van der Waals surface area (Å²) in [6.45, 7) is 2.57. The zero-order valence-corrected chi connectivity index (χ0v) is 16.8. The van der Waals surface area contributed by atoms with E-state index in [1.54, 1.807) is 31.2 Å². The lowest BCUT2D eigenvalue weighted by molar-refractivity contribution is 0.0527.